The first-order chi connectivity index (χ1) is 12.6. The van der Waals surface area contributed by atoms with Gasteiger partial charge in [0.1, 0.15) is 0 Å². The van der Waals surface area contributed by atoms with Crippen LogP contribution >= 0.6 is 0 Å². The molecule has 2 aliphatic heterocycles. The number of aromatic nitrogens is 1. The minimum atomic E-state index is -3.28. The maximum atomic E-state index is 13.0. The fourth-order valence-electron chi connectivity index (χ4n) is 4.18. The van der Waals surface area contributed by atoms with Crippen LogP contribution in [0.3, 0.4) is 0 Å². The molecule has 6 heteroatoms. The van der Waals surface area contributed by atoms with Crippen molar-refractivity contribution in [1.29, 1.82) is 0 Å². The lowest BCUT2D eigenvalue weighted by molar-refractivity contribution is 0.321. The van der Waals surface area contributed by atoms with Crippen LogP contribution in [0.2, 0.25) is 0 Å². The van der Waals surface area contributed by atoms with Crippen LogP contribution in [0, 0.1) is 0 Å². The van der Waals surface area contributed by atoms with Crippen LogP contribution in [0.15, 0.2) is 70.5 Å². The molecule has 5 rings (SSSR count). The van der Waals surface area contributed by atoms with Crippen LogP contribution in [0.4, 0.5) is 0 Å². The Balaban J connectivity index is 1.49. The highest BCUT2D eigenvalue weighted by atomic mass is 32.2. The van der Waals surface area contributed by atoms with Crippen LogP contribution in [0.25, 0.3) is 11.1 Å². The van der Waals surface area contributed by atoms with E-state index >= 15 is 0 Å². The Bertz CT molecular complexity index is 1050. The molecule has 1 aromatic carbocycles. The third-order valence-electron chi connectivity index (χ3n) is 5.42. The molecule has 3 aromatic rings. The third kappa shape index (κ3) is 2.40. The van der Waals surface area contributed by atoms with Gasteiger partial charge in [0, 0.05) is 37.3 Å². The van der Waals surface area contributed by atoms with Gasteiger partial charge in [-0.25, -0.2) is 8.42 Å². The summed E-state index contributed by atoms with van der Waals surface area (Å²) in [5, 5.41) is -0.360. The van der Waals surface area contributed by atoms with E-state index in [1.165, 1.54) is 0 Å². The molecule has 132 valence electrons. The number of nitrogens with zero attached hydrogens (tertiary/aromatic N) is 2. The number of fused-ring (bicyclic) bond motifs is 3. The average molecular weight is 366 g/mol. The molecule has 0 radical (unpaired) electrons. The normalized spacial score (nSPS) is 23.7. The van der Waals surface area contributed by atoms with Gasteiger partial charge < -0.3 is 4.42 Å². The van der Waals surface area contributed by atoms with Crippen molar-refractivity contribution < 1.29 is 12.8 Å². The summed E-state index contributed by atoms with van der Waals surface area (Å²) in [6.45, 7) is 1.97. The number of benzene rings is 1. The Labute approximate surface area is 152 Å². The van der Waals surface area contributed by atoms with Crippen molar-refractivity contribution in [3.8, 4) is 11.1 Å². The predicted molar refractivity (Wildman–Crippen MR) is 97.4 cm³/mol. The quantitative estimate of drug-likeness (QED) is 0.713. The van der Waals surface area contributed by atoms with Gasteiger partial charge in [-0.1, -0.05) is 12.1 Å². The second-order valence-electron chi connectivity index (χ2n) is 6.97. The summed E-state index contributed by atoms with van der Waals surface area (Å²) in [6.07, 6.45) is 5.09. The van der Waals surface area contributed by atoms with Gasteiger partial charge in [0.2, 0.25) is 0 Å². The molecular formula is C20H18N2O3S. The Morgan fingerprint density at radius 2 is 2.04 bits per heavy atom. The highest BCUT2D eigenvalue weighted by molar-refractivity contribution is 7.92. The van der Waals surface area contributed by atoms with E-state index in [-0.39, 0.29) is 11.2 Å². The molecule has 2 atom stereocenters. The molecule has 2 aliphatic rings. The molecule has 0 bridgehead atoms. The lowest BCUT2D eigenvalue weighted by Crippen LogP contribution is -2.26. The number of furan rings is 1. The maximum Gasteiger partial charge on any atom is 0.183 e. The molecule has 0 N–H and O–H groups in total. The Kier molecular flexibility index (Phi) is 3.52. The number of hydrogen-bond donors (Lipinski definition) is 0. The SMILES string of the molecule is O=S1(=O)c2ccc(-c3ccoc3)cc2[C@H]2CN(Cc3ccccn3)C[C@@H]21. The third-order valence-corrected chi connectivity index (χ3v) is 7.68. The summed E-state index contributed by atoms with van der Waals surface area (Å²) in [6, 6.07) is 13.4. The molecule has 0 amide bonds. The molecule has 0 aliphatic carbocycles. The molecule has 0 unspecified atom stereocenters. The van der Waals surface area contributed by atoms with Crippen LogP contribution in [0.5, 0.6) is 0 Å². The first-order valence-electron chi connectivity index (χ1n) is 8.65. The van der Waals surface area contributed by atoms with Gasteiger partial charge in [-0.3, -0.25) is 9.88 Å². The molecule has 4 heterocycles. The highest BCUT2D eigenvalue weighted by Gasteiger charge is 2.50. The van der Waals surface area contributed by atoms with Gasteiger partial charge in [-0.15, -0.1) is 0 Å². The second kappa shape index (κ2) is 5.79. The van der Waals surface area contributed by atoms with Crippen LogP contribution in [0.1, 0.15) is 17.2 Å². The Morgan fingerprint density at radius 1 is 1.12 bits per heavy atom. The van der Waals surface area contributed by atoms with Gasteiger partial charge in [0.05, 0.1) is 28.4 Å². The van der Waals surface area contributed by atoms with Crippen molar-refractivity contribution in [2.45, 2.75) is 22.6 Å². The molecule has 26 heavy (non-hydrogen) atoms. The standard InChI is InChI=1S/C20H18N2O3S/c23-26(24)19-5-4-14(15-6-8-25-13-15)9-17(19)18-11-22(12-20(18)26)10-16-3-1-2-7-21-16/h1-9,13,18,20H,10-12H2/t18-,20+/m1/s1. The average Bonchev–Trinajstić information content (AvgIpc) is 3.35. The lowest BCUT2D eigenvalue weighted by Gasteiger charge is -2.16. The zero-order valence-corrected chi connectivity index (χ0v) is 14.9. The molecule has 5 nitrogen and oxygen atoms in total. The lowest BCUT2D eigenvalue weighted by atomic mass is 9.95. The van der Waals surface area contributed by atoms with Gasteiger partial charge in [0.15, 0.2) is 9.84 Å². The summed E-state index contributed by atoms with van der Waals surface area (Å²) in [4.78, 5) is 7.06. The van der Waals surface area contributed by atoms with Crippen molar-refractivity contribution >= 4 is 9.84 Å². The minimum Gasteiger partial charge on any atom is -0.472 e. The molecule has 0 saturated carbocycles. The maximum absolute atomic E-state index is 13.0. The zero-order valence-electron chi connectivity index (χ0n) is 14.1. The minimum absolute atomic E-state index is 0.0190. The monoisotopic (exact) mass is 366 g/mol. The van der Waals surface area contributed by atoms with E-state index in [0.29, 0.717) is 18.0 Å². The second-order valence-corrected chi connectivity index (χ2v) is 9.11. The Morgan fingerprint density at radius 3 is 2.81 bits per heavy atom. The first-order valence-corrected chi connectivity index (χ1v) is 10.2. The van der Waals surface area contributed by atoms with E-state index in [9.17, 15) is 8.42 Å². The molecule has 1 fully saturated rings. The van der Waals surface area contributed by atoms with E-state index in [1.807, 2.05) is 36.4 Å². The highest BCUT2D eigenvalue weighted by Crippen LogP contribution is 2.46. The topological polar surface area (TPSA) is 63.4 Å². The van der Waals surface area contributed by atoms with E-state index in [2.05, 4.69) is 9.88 Å². The number of rotatable bonds is 3. The van der Waals surface area contributed by atoms with Crippen LogP contribution < -0.4 is 0 Å². The van der Waals surface area contributed by atoms with Crippen molar-refractivity contribution in [3.63, 3.8) is 0 Å². The fraction of sp³-hybridized carbons (Fsp3) is 0.250. The first kappa shape index (κ1) is 15.8. The Hall–Kier alpha value is -2.44. The van der Waals surface area contributed by atoms with Crippen molar-refractivity contribution in [2.24, 2.45) is 0 Å². The number of pyridine rings is 1. The summed E-state index contributed by atoms with van der Waals surface area (Å²) in [5.74, 6) is 0.0190. The summed E-state index contributed by atoms with van der Waals surface area (Å²) in [7, 11) is -3.28. The molecular weight excluding hydrogens is 348 g/mol. The van der Waals surface area contributed by atoms with E-state index < -0.39 is 9.84 Å². The van der Waals surface area contributed by atoms with Crippen LogP contribution in [-0.2, 0) is 16.4 Å². The van der Waals surface area contributed by atoms with E-state index in [1.54, 1.807) is 24.8 Å². The summed E-state index contributed by atoms with van der Waals surface area (Å²) in [5.41, 5.74) is 3.88. The molecule has 2 aromatic heterocycles. The summed E-state index contributed by atoms with van der Waals surface area (Å²) >= 11 is 0. The van der Waals surface area contributed by atoms with Crippen molar-refractivity contribution in [1.82, 2.24) is 9.88 Å². The number of hydrogen-bond acceptors (Lipinski definition) is 5. The fourth-order valence-corrected chi connectivity index (χ4v) is 6.38. The molecule has 0 spiro atoms. The van der Waals surface area contributed by atoms with E-state index in [0.717, 1.165) is 28.9 Å². The number of likely N-dealkylation sites (tertiary alicyclic amines) is 1. The van der Waals surface area contributed by atoms with Crippen molar-refractivity contribution in [2.75, 3.05) is 13.1 Å². The van der Waals surface area contributed by atoms with E-state index in [4.69, 9.17) is 4.42 Å². The van der Waals surface area contributed by atoms with Crippen LogP contribution in [-0.4, -0.2) is 36.6 Å². The van der Waals surface area contributed by atoms with Crippen molar-refractivity contribution in [3.05, 3.63) is 72.4 Å². The van der Waals surface area contributed by atoms with Gasteiger partial charge in [-0.05, 0) is 41.5 Å². The predicted octanol–water partition coefficient (Wildman–Crippen LogP) is 3.10. The van der Waals surface area contributed by atoms with Gasteiger partial charge >= 0.3 is 0 Å². The molecule has 1 saturated heterocycles. The zero-order chi connectivity index (χ0) is 17.7. The number of sulfone groups is 1. The van der Waals surface area contributed by atoms with Gasteiger partial charge in [-0.2, -0.15) is 0 Å². The summed E-state index contributed by atoms with van der Waals surface area (Å²) < 4.78 is 31.2. The van der Waals surface area contributed by atoms with Gasteiger partial charge in [0.25, 0.3) is 0 Å². The smallest absolute Gasteiger partial charge is 0.183 e. The largest absolute Gasteiger partial charge is 0.472 e.